The van der Waals surface area contributed by atoms with Crippen molar-refractivity contribution in [2.24, 2.45) is 11.7 Å². The third-order valence-corrected chi connectivity index (χ3v) is 5.42. The van der Waals surface area contributed by atoms with Crippen LogP contribution in [-0.2, 0) is 6.42 Å². The van der Waals surface area contributed by atoms with Crippen molar-refractivity contribution in [2.75, 3.05) is 13.1 Å². The van der Waals surface area contributed by atoms with Gasteiger partial charge in [-0.25, -0.2) is 4.39 Å². The second-order valence-corrected chi connectivity index (χ2v) is 6.77. The number of hydrogen-bond donors (Lipinski definition) is 1. The number of rotatable bonds is 4. The molecule has 1 atom stereocenters. The molecule has 1 saturated carbocycles. The van der Waals surface area contributed by atoms with Gasteiger partial charge in [0.25, 0.3) is 0 Å². The van der Waals surface area contributed by atoms with E-state index in [9.17, 15) is 4.39 Å². The van der Waals surface area contributed by atoms with Crippen molar-refractivity contribution in [2.45, 2.75) is 57.0 Å². The summed E-state index contributed by atoms with van der Waals surface area (Å²) in [6, 6.07) is 8.42. The van der Waals surface area contributed by atoms with Crippen LogP contribution in [0.1, 0.15) is 44.1 Å². The average molecular weight is 290 g/mol. The maximum atomic E-state index is 12.9. The van der Waals surface area contributed by atoms with Gasteiger partial charge >= 0.3 is 0 Å². The number of halogens is 1. The van der Waals surface area contributed by atoms with E-state index in [0.717, 1.165) is 24.9 Å². The quantitative estimate of drug-likeness (QED) is 0.921. The van der Waals surface area contributed by atoms with Crippen LogP contribution in [0.3, 0.4) is 0 Å². The summed E-state index contributed by atoms with van der Waals surface area (Å²) < 4.78 is 12.9. The van der Waals surface area contributed by atoms with Crippen LogP contribution in [0, 0.1) is 11.7 Å². The van der Waals surface area contributed by atoms with E-state index in [-0.39, 0.29) is 5.82 Å². The molecule has 3 rings (SSSR count). The first kappa shape index (κ1) is 15.0. The summed E-state index contributed by atoms with van der Waals surface area (Å²) in [4.78, 5) is 2.67. The molecule has 0 radical (unpaired) electrons. The fraction of sp³-hybridized carbons (Fsp3) is 0.667. The Labute approximate surface area is 127 Å². The largest absolute Gasteiger partial charge is 0.329 e. The molecule has 0 unspecified atom stereocenters. The number of nitrogens with two attached hydrogens (primary N) is 1. The van der Waals surface area contributed by atoms with Crippen LogP contribution in [0.25, 0.3) is 0 Å². The third-order valence-electron chi connectivity index (χ3n) is 5.42. The van der Waals surface area contributed by atoms with E-state index in [4.69, 9.17) is 5.73 Å². The van der Waals surface area contributed by atoms with Gasteiger partial charge in [-0.3, -0.25) is 4.90 Å². The first-order valence-electron chi connectivity index (χ1n) is 8.46. The van der Waals surface area contributed by atoms with Crippen LogP contribution < -0.4 is 5.73 Å². The van der Waals surface area contributed by atoms with Crippen molar-refractivity contribution in [3.63, 3.8) is 0 Å². The molecular formula is C18H27FN2. The number of likely N-dealkylation sites (tertiary alicyclic amines) is 1. The molecule has 1 aliphatic carbocycles. The van der Waals surface area contributed by atoms with E-state index < -0.39 is 0 Å². The summed E-state index contributed by atoms with van der Waals surface area (Å²) >= 11 is 0. The summed E-state index contributed by atoms with van der Waals surface area (Å²) in [5, 5.41) is 0. The molecule has 1 heterocycles. The van der Waals surface area contributed by atoms with Crippen molar-refractivity contribution < 1.29 is 4.39 Å². The molecular weight excluding hydrogens is 263 g/mol. The topological polar surface area (TPSA) is 29.3 Å². The van der Waals surface area contributed by atoms with E-state index in [0.29, 0.717) is 6.04 Å². The lowest BCUT2D eigenvalue weighted by atomic mass is 9.81. The molecule has 1 saturated heterocycles. The molecule has 116 valence electrons. The van der Waals surface area contributed by atoms with Crippen molar-refractivity contribution in [3.05, 3.63) is 35.6 Å². The first-order chi connectivity index (χ1) is 10.3. The Balaban J connectivity index is 1.49. The Kier molecular flexibility index (Phi) is 4.91. The SMILES string of the molecule is NC[C@@H]1CCCN1[C@H]1CC[C@@H](Cc2ccc(F)cc2)CC1. The van der Waals surface area contributed by atoms with Crippen LogP contribution in [0.4, 0.5) is 4.39 Å². The molecule has 0 aromatic heterocycles. The summed E-state index contributed by atoms with van der Waals surface area (Å²) in [7, 11) is 0. The van der Waals surface area contributed by atoms with Gasteiger partial charge in [-0.1, -0.05) is 12.1 Å². The Morgan fingerprint density at radius 3 is 2.43 bits per heavy atom. The van der Waals surface area contributed by atoms with Gasteiger partial charge in [-0.15, -0.1) is 0 Å². The van der Waals surface area contributed by atoms with E-state index in [1.54, 1.807) is 12.1 Å². The lowest BCUT2D eigenvalue weighted by Gasteiger charge is -2.37. The number of benzene rings is 1. The van der Waals surface area contributed by atoms with Gasteiger partial charge in [-0.05, 0) is 75.1 Å². The van der Waals surface area contributed by atoms with Gasteiger partial charge < -0.3 is 5.73 Å². The van der Waals surface area contributed by atoms with Gasteiger partial charge in [-0.2, -0.15) is 0 Å². The zero-order valence-electron chi connectivity index (χ0n) is 12.8. The molecule has 2 N–H and O–H groups in total. The Morgan fingerprint density at radius 2 is 1.76 bits per heavy atom. The molecule has 0 bridgehead atoms. The maximum absolute atomic E-state index is 12.9. The second-order valence-electron chi connectivity index (χ2n) is 6.77. The molecule has 2 aliphatic rings. The fourth-order valence-corrected chi connectivity index (χ4v) is 4.23. The zero-order valence-corrected chi connectivity index (χ0v) is 12.8. The van der Waals surface area contributed by atoms with Crippen LogP contribution in [0.15, 0.2) is 24.3 Å². The molecule has 1 aliphatic heterocycles. The number of nitrogens with zero attached hydrogens (tertiary/aromatic N) is 1. The lowest BCUT2D eigenvalue weighted by Crippen LogP contribution is -2.44. The highest BCUT2D eigenvalue weighted by molar-refractivity contribution is 5.16. The van der Waals surface area contributed by atoms with Crippen LogP contribution in [0.5, 0.6) is 0 Å². The van der Waals surface area contributed by atoms with Crippen LogP contribution in [-0.4, -0.2) is 30.1 Å². The van der Waals surface area contributed by atoms with Gasteiger partial charge in [0, 0.05) is 18.6 Å². The standard InChI is InChI=1S/C18H27FN2/c19-16-7-3-14(4-8-16)12-15-5-9-17(10-6-15)21-11-1-2-18(21)13-20/h3-4,7-8,15,17-18H,1-2,5-6,9-13,20H2/t15-,17+,18-/m0/s1. The van der Waals surface area contributed by atoms with E-state index in [2.05, 4.69) is 4.90 Å². The maximum Gasteiger partial charge on any atom is 0.123 e. The molecule has 0 spiro atoms. The minimum atomic E-state index is -0.135. The second kappa shape index (κ2) is 6.89. The first-order valence-corrected chi connectivity index (χ1v) is 8.46. The van der Waals surface area contributed by atoms with Crippen LogP contribution >= 0.6 is 0 Å². The summed E-state index contributed by atoms with van der Waals surface area (Å²) in [5.41, 5.74) is 7.18. The predicted octanol–water partition coefficient (Wildman–Crippen LogP) is 3.35. The molecule has 3 heteroatoms. The zero-order chi connectivity index (χ0) is 14.7. The highest BCUT2D eigenvalue weighted by atomic mass is 19.1. The average Bonchev–Trinajstić information content (AvgIpc) is 2.99. The lowest BCUT2D eigenvalue weighted by molar-refractivity contribution is 0.126. The summed E-state index contributed by atoms with van der Waals surface area (Å²) in [6.45, 7) is 2.06. The summed E-state index contributed by atoms with van der Waals surface area (Å²) in [5.74, 6) is 0.634. The summed E-state index contributed by atoms with van der Waals surface area (Å²) in [6.07, 6.45) is 8.92. The van der Waals surface area contributed by atoms with E-state index in [1.165, 1.54) is 50.6 Å². The van der Waals surface area contributed by atoms with Crippen molar-refractivity contribution in [1.82, 2.24) is 4.90 Å². The monoisotopic (exact) mass is 290 g/mol. The highest BCUT2D eigenvalue weighted by Gasteiger charge is 2.32. The molecule has 1 aromatic rings. The molecule has 0 amide bonds. The van der Waals surface area contributed by atoms with Gasteiger partial charge in [0.15, 0.2) is 0 Å². The minimum absolute atomic E-state index is 0.135. The normalized spacial score (nSPS) is 30.7. The van der Waals surface area contributed by atoms with Crippen molar-refractivity contribution >= 4 is 0 Å². The van der Waals surface area contributed by atoms with Gasteiger partial charge in [0.2, 0.25) is 0 Å². The van der Waals surface area contributed by atoms with E-state index in [1.807, 2.05) is 12.1 Å². The Bertz CT molecular complexity index is 437. The molecule has 2 fully saturated rings. The smallest absolute Gasteiger partial charge is 0.123 e. The minimum Gasteiger partial charge on any atom is -0.329 e. The Morgan fingerprint density at radius 1 is 1.05 bits per heavy atom. The van der Waals surface area contributed by atoms with Gasteiger partial charge in [0.05, 0.1) is 0 Å². The van der Waals surface area contributed by atoms with Gasteiger partial charge in [0.1, 0.15) is 5.82 Å². The molecule has 1 aromatic carbocycles. The van der Waals surface area contributed by atoms with Crippen molar-refractivity contribution in [1.29, 1.82) is 0 Å². The van der Waals surface area contributed by atoms with Crippen LogP contribution in [0.2, 0.25) is 0 Å². The van der Waals surface area contributed by atoms with E-state index >= 15 is 0 Å². The number of hydrogen-bond acceptors (Lipinski definition) is 2. The predicted molar refractivity (Wildman–Crippen MR) is 84.6 cm³/mol. The molecule has 21 heavy (non-hydrogen) atoms. The Hall–Kier alpha value is -0.930. The highest BCUT2D eigenvalue weighted by Crippen LogP contribution is 2.33. The third kappa shape index (κ3) is 3.64. The fourth-order valence-electron chi connectivity index (χ4n) is 4.23. The van der Waals surface area contributed by atoms with Crippen molar-refractivity contribution in [3.8, 4) is 0 Å². The molecule has 2 nitrogen and oxygen atoms in total.